The molecule has 0 radical (unpaired) electrons. The molecule has 5 nitrogen and oxygen atoms in total. The largest absolute Gasteiger partial charge is 0.497 e. The van der Waals surface area contributed by atoms with Crippen molar-refractivity contribution in [1.82, 2.24) is 0 Å². The summed E-state index contributed by atoms with van der Waals surface area (Å²) in [5.74, 6) is 2.15. The first-order chi connectivity index (χ1) is 13.1. The number of hydrogen-bond acceptors (Lipinski definition) is 5. The van der Waals surface area contributed by atoms with Crippen molar-refractivity contribution in [3.05, 3.63) is 53.6 Å². The maximum atomic E-state index is 12.7. The summed E-state index contributed by atoms with van der Waals surface area (Å²) in [4.78, 5) is 12.7. The molecule has 0 bridgehead atoms. The van der Waals surface area contributed by atoms with Gasteiger partial charge in [0.1, 0.15) is 11.5 Å². The first-order valence-electron chi connectivity index (χ1n) is 8.88. The van der Waals surface area contributed by atoms with Crippen molar-refractivity contribution in [2.75, 3.05) is 27.9 Å². The van der Waals surface area contributed by atoms with Gasteiger partial charge in [-0.3, -0.25) is 4.79 Å². The summed E-state index contributed by atoms with van der Waals surface area (Å²) in [6.07, 6.45) is 5.25. The van der Waals surface area contributed by atoms with Crippen LogP contribution in [0.3, 0.4) is 0 Å². The van der Waals surface area contributed by atoms with Gasteiger partial charge in [-0.15, -0.1) is 0 Å². The number of carbonyl (C=O) groups is 1. The van der Waals surface area contributed by atoms with Crippen LogP contribution in [0, 0.1) is 0 Å². The van der Waals surface area contributed by atoms with E-state index >= 15 is 0 Å². The quantitative estimate of drug-likeness (QED) is 0.342. The number of methoxy groups -OCH3 is 3. The van der Waals surface area contributed by atoms with Crippen molar-refractivity contribution in [3.63, 3.8) is 0 Å². The molecule has 2 rings (SSSR count). The normalized spacial score (nSPS) is 10.7. The van der Waals surface area contributed by atoms with Crippen LogP contribution in [-0.4, -0.2) is 33.7 Å². The average Bonchev–Trinajstić information content (AvgIpc) is 2.71. The third-order valence-corrected chi connectivity index (χ3v) is 4.06. The predicted octanol–water partition coefficient (Wildman–Crippen LogP) is 4.79. The van der Waals surface area contributed by atoms with E-state index in [2.05, 4.69) is 6.92 Å². The van der Waals surface area contributed by atoms with Crippen LogP contribution in [0.1, 0.15) is 35.7 Å². The van der Waals surface area contributed by atoms with E-state index in [1.165, 1.54) is 13.2 Å². The van der Waals surface area contributed by atoms with E-state index in [1.54, 1.807) is 38.5 Å². The molecule has 0 saturated heterocycles. The van der Waals surface area contributed by atoms with Crippen LogP contribution in [-0.2, 0) is 0 Å². The van der Waals surface area contributed by atoms with Crippen LogP contribution >= 0.6 is 0 Å². The number of hydrogen-bond donors (Lipinski definition) is 0. The first kappa shape index (κ1) is 20.4. The smallest absolute Gasteiger partial charge is 0.189 e. The van der Waals surface area contributed by atoms with E-state index < -0.39 is 0 Å². The number of unbranched alkanes of at least 4 members (excludes halogenated alkanes) is 1. The van der Waals surface area contributed by atoms with Crippen LogP contribution in [0.4, 0.5) is 0 Å². The van der Waals surface area contributed by atoms with Gasteiger partial charge in [0, 0.05) is 11.6 Å². The predicted molar refractivity (Wildman–Crippen MR) is 106 cm³/mol. The van der Waals surface area contributed by atoms with E-state index in [4.69, 9.17) is 18.9 Å². The molecule has 0 N–H and O–H groups in total. The van der Waals surface area contributed by atoms with Crippen LogP contribution in [0.15, 0.2) is 42.5 Å². The van der Waals surface area contributed by atoms with E-state index in [-0.39, 0.29) is 5.78 Å². The van der Waals surface area contributed by atoms with Crippen molar-refractivity contribution >= 4 is 11.9 Å². The maximum Gasteiger partial charge on any atom is 0.189 e. The molecule has 0 amide bonds. The minimum Gasteiger partial charge on any atom is -0.497 e. The van der Waals surface area contributed by atoms with Gasteiger partial charge in [-0.2, -0.15) is 0 Å². The zero-order valence-corrected chi connectivity index (χ0v) is 16.3. The fourth-order valence-electron chi connectivity index (χ4n) is 2.57. The Morgan fingerprint density at radius 2 is 1.81 bits per heavy atom. The molecule has 0 fully saturated rings. The maximum absolute atomic E-state index is 12.7. The van der Waals surface area contributed by atoms with E-state index in [0.717, 1.165) is 18.4 Å². The summed E-state index contributed by atoms with van der Waals surface area (Å²) >= 11 is 0. The summed E-state index contributed by atoms with van der Waals surface area (Å²) in [5.41, 5.74) is 1.25. The van der Waals surface area contributed by atoms with Crippen LogP contribution in [0.2, 0.25) is 0 Å². The van der Waals surface area contributed by atoms with Crippen LogP contribution < -0.4 is 18.9 Å². The highest BCUT2D eigenvalue weighted by Crippen LogP contribution is 2.32. The van der Waals surface area contributed by atoms with Gasteiger partial charge in [0.2, 0.25) is 0 Å². The van der Waals surface area contributed by atoms with Crippen LogP contribution in [0.25, 0.3) is 6.08 Å². The summed E-state index contributed by atoms with van der Waals surface area (Å²) in [5, 5.41) is 0. The summed E-state index contributed by atoms with van der Waals surface area (Å²) in [7, 11) is 4.67. The Morgan fingerprint density at radius 1 is 1.00 bits per heavy atom. The second kappa shape index (κ2) is 10.3. The monoisotopic (exact) mass is 370 g/mol. The lowest BCUT2D eigenvalue weighted by atomic mass is 10.1. The first-order valence-corrected chi connectivity index (χ1v) is 8.88. The minimum atomic E-state index is -0.180. The van der Waals surface area contributed by atoms with Gasteiger partial charge < -0.3 is 18.9 Å². The van der Waals surface area contributed by atoms with Gasteiger partial charge in [0.15, 0.2) is 17.3 Å². The second-order valence-corrected chi connectivity index (χ2v) is 5.84. The number of benzene rings is 2. The molecule has 2 aromatic rings. The fraction of sp³-hybridized carbons (Fsp3) is 0.318. The van der Waals surface area contributed by atoms with E-state index in [1.807, 2.05) is 18.2 Å². The molecule has 0 atom stereocenters. The number of ketones is 1. The van der Waals surface area contributed by atoms with E-state index in [9.17, 15) is 4.79 Å². The standard InChI is InChI=1S/C22H26O5/c1-5-6-14-27-21-15-17(24-2)12-10-16(21)11-13-19(23)18-8-7-9-20(25-3)22(18)26-4/h7-13,15H,5-6,14H2,1-4H3/b13-11+. The molecule has 0 unspecified atom stereocenters. The molecular weight excluding hydrogens is 344 g/mol. The molecule has 0 aliphatic rings. The molecule has 5 heteroatoms. The lowest BCUT2D eigenvalue weighted by Crippen LogP contribution is -2.01. The highest BCUT2D eigenvalue weighted by Gasteiger charge is 2.14. The highest BCUT2D eigenvalue weighted by atomic mass is 16.5. The Morgan fingerprint density at radius 3 is 2.48 bits per heavy atom. The number of carbonyl (C=O) groups excluding carboxylic acids is 1. The topological polar surface area (TPSA) is 54.0 Å². The zero-order chi connectivity index (χ0) is 19.6. The van der Waals surface area contributed by atoms with Gasteiger partial charge in [-0.25, -0.2) is 0 Å². The Balaban J connectivity index is 2.28. The SMILES string of the molecule is CCCCOc1cc(OC)ccc1/C=C/C(=O)c1cccc(OC)c1OC. The van der Waals surface area contributed by atoms with Crippen molar-refractivity contribution in [1.29, 1.82) is 0 Å². The van der Waals surface area contributed by atoms with E-state index in [0.29, 0.717) is 35.2 Å². The van der Waals surface area contributed by atoms with Gasteiger partial charge in [-0.1, -0.05) is 19.4 Å². The molecule has 27 heavy (non-hydrogen) atoms. The average molecular weight is 370 g/mol. The summed E-state index contributed by atoms with van der Waals surface area (Å²) < 4.78 is 21.7. The highest BCUT2D eigenvalue weighted by molar-refractivity contribution is 6.09. The van der Waals surface area contributed by atoms with Crippen molar-refractivity contribution < 1.29 is 23.7 Å². The molecule has 144 valence electrons. The van der Waals surface area contributed by atoms with Gasteiger partial charge in [-0.05, 0) is 42.8 Å². The molecule has 0 heterocycles. The Labute approximate surface area is 160 Å². The number of para-hydroxylation sites is 1. The number of ether oxygens (including phenoxy) is 4. The summed E-state index contributed by atoms with van der Waals surface area (Å²) in [6.45, 7) is 2.72. The minimum absolute atomic E-state index is 0.180. The second-order valence-electron chi connectivity index (χ2n) is 5.84. The molecule has 2 aromatic carbocycles. The van der Waals surface area contributed by atoms with Gasteiger partial charge >= 0.3 is 0 Å². The Hall–Kier alpha value is -2.95. The third-order valence-electron chi connectivity index (χ3n) is 4.06. The van der Waals surface area contributed by atoms with Crippen molar-refractivity contribution in [2.45, 2.75) is 19.8 Å². The zero-order valence-electron chi connectivity index (χ0n) is 16.3. The molecule has 0 aromatic heterocycles. The van der Waals surface area contributed by atoms with Gasteiger partial charge in [0.25, 0.3) is 0 Å². The summed E-state index contributed by atoms with van der Waals surface area (Å²) in [6, 6.07) is 10.7. The lowest BCUT2D eigenvalue weighted by Gasteiger charge is -2.11. The lowest BCUT2D eigenvalue weighted by molar-refractivity contribution is 0.104. The Kier molecular flexibility index (Phi) is 7.74. The van der Waals surface area contributed by atoms with Crippen LogP contribution in [0.5, 0.6) is 23.0 Å². The Bertz CT molecular complexity index is 795. The molecule has 0 aliphatic carbocycles. The third kappa shape index (κ3) is 5.26. The van der Waals surface area contributed by atoms with Gasteiger partial charge in [0.05, 0.1) is 33.5 Å². The van der Waals surface area contributed by atoms with Crippen molar-refractivity contribution in [2.24, 2.45) is 0 Å². The number of rotatable bonds is 10. The number of allylic oxidation sites excluding steroid dienone is 1. The fourth-order valence-corrected chi connectivity index (χ4v) is 2.57. The molecule has 0 aliphatic heterocycles. The molecule has 0 spiro atoms. The molecule has 0 saturated carbocycles. The van der Waals surface area contributed by atoms with Crippen molar-refractivity contribution in [3.8, 4) is 23.0 Å². The molecular formula is C22H26O5.